The lowest BCUT2D eigenvalue weighted by Crippen LogP contribution is -2.49. The van der Waals surface area contributed by atoms with Crippen molar-refractivity contribution < 1.29 is 22.0 Å². The van der Waals surface area contributed by atoms with Crippen LogP contribution in [0.15, 0.2) is 18.2 Å². The standard InChI is InChI=1S/C14H20F2N2O3S/c1-5-17(6-2)14(19)10(3)18(22(4,20)21)11-7-8-12(15)13(16)9-11/h7-10H,5-6H2,1-4H3/t10-/m0/s1. The summed E-state index contributed by atoms with van der Waals surface area (Å²) in [7, 11) is -3.85. The molecular weight excluding hydrogens is 314 g/mol. The Kier molecular flexibility index (Phi) is 5.87. The van der Waals surface area contributed by atoms with Crippen molar-refractivity contribution in [2.75, 3.05) is 23.7 Å². The largest absolute Gasteiger partial charge is 0.341 e. The number of carbonyl (C=O) groups excluding carboxylic acids is 1. The number of halogens is 2. The van der Waals surface area contributed by atoms with Gasteiger partial charge in [-0.25, -0.2) is 17.2 Å². The molecule has 0 aliphatic heterocycles. The minimum absolute atomic E-state index is 0.0885. The molecule has 0 aromatic heterocycles. The van der Waals surface area contributed by atoms with E-state index in [0.29, 0.717) is 13.1 Å². The molecule has 0 aliphatic rings. The topological polar surface area (TPSA) is 57.7 Å². The normalized spacial score (nSPS) is 12.8. The zero-order chi connectivity index (χ0) is 17.1. The summed E-state index contributed by atoms with van der Waals surface area (Å²) in [6.45, 7) is 5.82. The number of hydrogen-bond acceptors (Lipinski definition) is 3. The van der Waals surface area contributed by atoms with Crippen LogP contribution < -0.4 is 4.31 Å². The zero-order valence-electron chi connectivity index (χ0n) is 13.0. The van der Waals surface area contributed by atoms with Gasteiger partial charge in [-0.3, -0.25) is 9.10 Å². The van der Waals surface area contributed by atoms with Crippen LogP contribution in [0, 0.1) is 11.6 Å². The third kappa shape index (κ3) is 3.94. The fourth-order valence-corrected chi connectivity index (χ4v) is 3.39. The van der Waals surface area contributed by atoms with Crippen LogP contribution in [0.1, 0.15) is 20.8 Å². The van der Waals surface area contributed by atoms with Crippen LogP contribution in [0.4, 0.5) is 14.5 Å². The molecule has 5 nitrogen and oxygen atoms in total. The molecule has 0 aliphatic carbocycles. The Morgan fingerprint density at radius 1 is 1.18 bits per heavy atom. The minimum atomic E-state index is -3.85. The van der Waals surface area contributed by atoms with Crippen molar-refractivity contribution in [1.29, 1.82) is 0 Å². The second kappa shape index (κ2) is 7.04. The Hall–Kier alpha value is -1.70. The van der Waals surface area contributed by atoms with Crippen LogP contribution in [-0.4, -0.2) is 44.6 Å². The maximum Gasteiger partial charge on any atom is 0.246 e. The number of anilines is 1. The molecule has 0 heterocycles. The Labute approximate surface area is 129 Å². The zero-order valence-corrected chi connectivity index (χ0v) is 13.8. The smallest absolute Gasteiger partial charge is 0.246 e. The Bertz CT molecular complexity index is 645. The highest BCUT2D eigenvalue weighted by Gasteiger charge is 2.31. The molecule has 1 aromatic carbocycles. The molecule has 22 heavy (non-hydrogen) atoms. The van der Waals surface area contributed by atoms with E-state index < -0.39 is 33.6 Å². The lowest BCUT2D eigenvalue weighted by molar-refractivity contribution is -0.131. The van der Waals surface area contributed by atoms with Gasteiger partial charge < -0.3 is 4.90 Å². The van der Waals surface area contributed by atoms with E-state index in [9.17, 15) is 22.0 Å². The summed E-state index contributed by atoms with van der Waals surface area (Å²) in [5.74, 6) is -2.66. The molecule has 0 bridgehead atoms. The first-order chi connectivity index (χ1) is 10.1. The van der Waals surface area contributed by atoms with Crippen LogP contribution in [0.5, 0.6) is 0 Å². The Morgan fingerprint density at radius 3 is 2.14 bits per heavy atom. The predicted molar refractivity (Wildman–Crippen MR) is 81.1 cm³/mol. The predicted octanol–water partition coefficient (Wildman–Crippen LogP) is 1.99. The molecule has 124 valence electrons. The van der Waals surface area contributed by atoms with Gasteiger partial charge in [-0.15, -0.1) is 0 Å². The lowest BCUT2D eigenvalue weighted by Gasteiger charge is -2.31. The molecule has 0 saturated heterocycles. The Balaban J connectivity index is 3.30. The van der Waals surface area contributed by atoms with Gasteiger partial charge >= 0.3 is 0 Å². The first-order valence-corrected chi connectivity index (χ1v) is 8.71. The fourth-order valence-electron chi connectivity index (χ4n) is 2.22. The maximum atomic E-state index is 13.4. The molecule has 0 radical (unpaired) electrons. The minimum Gasteiger partial charge on any atom is -0.341 e. The molecule has 0 saturated carbocycles. The number of amides is 1. The molecule has 0 unspecified atom stereocenters. The number of sulfonamides is 1. The van der Waals surface area contributed by atoms with E-state index in [2.05, 4.69) is 0 Å². The quantitative estimate of drug-likeness (QED) is 0.799. The summed E-state index contributed by atoms with van der Waals surface area (Å²) in [6.07, 6.45) is 0.917. The monoisotopic (exact) mass is 334 g/mol. The molecule has 1 rings (SSSR count). The van der Waals surface area contributed by atoms with Crippen molar-refractivity contribution in [3.8, 4) is 0 Å². The molecule has 8 heteroatoms. The first kappa shape index (κ1) is 18.3. The molecular formula is C14H20F2N2O3S. The van der Waals surface area contributed by atoms with E-state index in [1.807, 2.05) is 0 Å². The van der Waals surface area contributed by atoms with E-state index in [1.54, 1.807) is 13.8 Å². The third-order valence-corrected chi connectivity index (χ3v) is 4.54. The SMILES string of the molecule is CCN(CC)C(=O)[C@H](C)N(c1ccc(F)c(F)c1)S(C)(=O)=O. The van der Waals surface area contributed by atoms with E-state index in [0.717, 1.165) is 28.8 Å². The van der Waals surface area contributed by atoms with E-state index in [1.165, 1.54) is 11.8 Å². The number of carbonyl (C=O) groups is 1. The van der Waals surface area contributed by atoms with E-state index in [4.69, 9.17) is 0 Å². The number of likely N-dealkylation sites (N-methyl/N-ethyl adjacent to an activating group) is 1. The average molecular weight is 334 g/mol. The van der Waals surface area contributed by atoms with Crippen molar-refractivity contribution in [2.45, 2.75) is 26.8 Å². The van der Waals surface area contributed by atoms with Crippen molar-refractivity contribution in [2.24, 2.45) is 0 Å². The number of rotatable bonds is 6. The highest BCUT2D eigenvalue weighted by atomic mass is 32.2. The van der Waals surface area contributed by atoms with Gasteiger partial charge in [0.1, 0.15) is 6.04 Å². The first-order valence-electron chi connectivity index (χ1n) is 6.86. The highest BCUT2D eigenvalue weighted by Crippen LogP contribution is 2.23. The van der Waals surface area contributed by atoms with Crippen LogP contribution in [0.2, 0.25) is 0 Å². The summed E-state index contributed by atoms with van der Waals surface area (Å²) < 4.78 is 51.3. The number of hydrogen-bond donors (Lipinski definition) is 0. The van der Waals surface area contributed by atoms with E-state index >= 15 is 0 Å². The number of benzene rings is 1. The number of nitrogens with zero attached hydrogens (tertiary/aromatic N) is 2. The van der Waals surface area contributed by atoms with Gasteiger partial charge in [-0.05, 0) is 32.9 Å². The summed E-state index contributed by atoms with van der Waals surface area (Å²) in [5, 5.41) is 0. The van der Waals surface area contributed by atoms with Crippen molar-refractivity contribution in [3.05, 3.63) is 29.8 Å². The summed E-state index contributed by atoms with van der Waals surface area (Å²) >= 11 is 0. The van der Waals surface area contributed by atoms with Crippen LogP contribution in [-0.2, 0) is 14.8 Å². The second-order valence-electron chi connectivity index (χ2n) is 4.84. The maximum absolute atomic E-state index is 13.4. The fraction of sp³-hybridized carbons (Fsp3) is 0.500. The molecule has 0 fully saturated rings. The molecule has 1 amide bonds. The second-order valence-corrected chi connectivity index (χ2v) is 6.70. The van der Waals surface area contributed by atoms with Crippen molar-refractivity contribution in [1.82, 2.24) is 4.90 Å². The van der Waals surface area contributed by atoms with Gasteiger partial charge in [0.15, 0.2) is 11.6 Å². The summed E-state index contributed by atoms with van der Waals surface area (Å²) in [4.78, 5) is 13.8. The van der Waals surface area contributed by atoms with Crippen molar-refractivity contribution in [3.63, 3.8) is 0 Å². The van der Waals surface area contributed by atoms with E-state index in [-0.39, 0.29) is 5.69 Å². The van der Waals surface area contributed by atoms with Gasteiger partial charge in [0.2, 0.25) is 15.9 Å². The van der Waals surface area contributed by atoms with Crippen LogP contribution in [0.3, 0.4) is 0 Å². The summed E-state index contributed by atoms with van der Waals surface area (Å²) in [6, 6.07) is 1.67. The van der Waals surface area contributed by atoms with Crippen LogP contribution >= 0.6 is 0 Å². The molecule has 0 N–H and O–H groups in total. The highest BCUT2D eigenvalue weighted by molar-refractivity contribution is 7.92. The molecule has 1 aromatic rings. The average Bonchev–Trinajstić information content (AvgIpc) is 2.42. The van der Waals surface area contributed by atoms with Gasteiger partial charge in [0, 0.05) is 19.2 Å². The summed E-state index contributed by atoms with van der Waals surface area (Å²) in [5.41, 5.74) is -0.0885. The Morgan fingerprint density at radius 2 is 1.73 bits per heavy atom. The lowest BCUT2D eigenvalue weighted by atomic mass is 10.2. The van der Waals surface area contributed by atoms with Crippen LogP contribution in [0.25, 0.3) is 0 Å². The van der Waals surface area contributed by atoms with Crippen molar-refractivity contribution >= 4 is 21.6 Å². The third-order valence-electron chi connectivity index (χ3n) is 3.30. The van der Waals surface area contributed by atoms with Gasteiger partial charge in [0.25, 0.3) is 0 Å². The van der Waals surface area contributed by atoms with Gasteiger partial charge in [-0.1, -0.05) is 0 Å². The van der Waals surface area contributed by atoms with Gasteiger partial charge in [-0.2, -0.15) is 0 Å². The van der Waals surface area contributed by atoms with Gasteiger partial charge in [0.05, 0.1) is 11.9 Å². The molecule has 0 spiro atoms. The molecule has 1 atom stereocenters.